The van der Waals surface area contributed by atoms with E-state index in [0.717, 1.165) is 6.54 Å². The molecule has 1 N–H and O–H groups in total. The van der Waals surface area contributed by atoms with Crippen molar-refractivity contribution in [3.63, 3.8) is 0 Å². The van der Waals surface area contributed by atoms with Crippen LogP contribution in [0.25, 0.3) is 0 Å². The molecule has 4 aliphatic rings. The lowest BCUT2D eigenvalue weighted by Gasteiger charge is -2.41. The highest BCUT2D eigenvalue weighted by Gasteiger charge is 2.40. The molecule has 160 valence electrons. The normalized spacial score (nSPS) is 26.3. The van der Waals surface area contributed by atoms with Crippen molar-refractivity contribution in [3.8, 4) is 0 Å². The molecule has 2 saturated carbocycles. The Balaban J connectivity index is 0.000000166. The van der Waals surface area contributed by atoms with Crippen LogP contribution in [0.3, 0.4) is 0 Å². The Kier molecular flexibility index (Phi) is 11.4. The highest BCUT2D eigenvalue weighted by molar-refractivity contribution is 14.1. The molecule has 0 aromatic rings. The van der Waals surface area contributed by atoms with Gasteiger partial charge >= 0.3 is 0 Å². The quantitative estimate of drug-likeness (QED) is 0.367. The first-order chi connectivity index (χ1) is 13.2. The van der Waals surface area contributed by atoms with Crippen molar-refractivity contribution in [1.82, 2.24) is 10.2 Å². The van der Waals surface area contributed by atoms with Crippen LogP contribution in [0.5, 0.6) is 0 Å². The smallest absolute Gasteiger partial charge is 0.102 e. The fourth-order valence-electron chi connectivity index (χ4n) is 5.75. The lowest BCUT2D eigenvalue weighted by atomic mass is 9.80. The third-order valence-corrected chi connectivity index (χ3v) is 7.50. The second kappa shape index (κ2) is 12.9. The summed E-state index contributed by atoms with van der Waals surface area (Å²) in [6.45, 7) is 2.74. The molecule has 2 nitrogen and oxygen atoms in total. The fourth-order valence-corrected chi connectivity index (χ4v) is 5.75. The summed E-state index contributed by atoms with van der Waals surface area (Å²) in [6.07, 6.45) is 19.6. The molecule has 27 heavy (non-hydrogen) atoms. The largest absolute Gasteiger partial charge is 0.311 e. The van der Waals surface area contributed by atoms with Gasteiger partial charge in [-0.2, -0.15) is 0 Å². The van der Waals surface area contributed by atoms with Gasteiger partial charge in [-0.15, -0.1) is 0 Å². The number of hydrogen-bond donors (Lipinski definition) is 1. The van der Waals surface area contributed by atoms with Gasteiger partial charge in [0.1, 0.15) is 6.67 Å². The minimum Gasteiger partial charge on any atom is -0.311 e. The molecular formula is C22H41F2IN2. The number of alkyl halides is 3. The van der Waals surface area contributed by atoms with Crippen LogP contribution in [-0.4, -0.2) is 53.4 Å². The van der Waals surface area contributed by atoms with Gasteiger partial charge in [0.05, 0.1) is 6.67 Å². The van der Waals surface area contributed by atoms with Gasteiger partial charge in [0.15, 0.2) is 0 Å². The lowest BCUT2D eigenvalue weighted by molar-refractivity contribution is 0.0865. The summed E-state index contributed by atoms with van der Waals surface area (Å²) in [5.74, 6) is 0. The van der Waals surface area contributed by atoms with Crippen LogP contribution in [0.4, 0.5) is 8.78 Å². The topological polar surface area (TPSA) is 15.3 Å². The van der Waals surface area contributed by atoms with E-state index in [9.17, 15) is 8.78 Å². The molecule has 0 bridgehead atoms. The van der Waals surface area contributed by atoms with Crippen molar-refractivity contribution in [2.75, 3.05) is 37.4 Å². The molecule has 0 radical (unpaired) electrons. The van der Waals surface area contributed by atoms with Crippen LogP contribution in [-0.2, 0) is 0 Å². The van der Waals surface area contributed by atoms with Crippen LogP contribution in [0, 0.1) is 0 Å². The number of nitrogens with zero attached hydrogens (tertiary/aromatic N) is 1. The summed E-state index contributed by atoms with van der Waals surface area (Å²) in [4.78, 5) is 2.42. The second-order valence-corrected chi connectivity index (χ2v) is 9.89. The third kappa shape index (κ3) is 7.36. The number of likely N-dealkylation sites (tertiary alicyclic amines) is 1. The summed E-state index contributed by atoms with van der Waals surface area (Å²) in [7, 11) is 0. The predicted octanol–water partition coefficient (Wildman–Crippen LogP) is 6.22. The van der Waals surface area contributed by atoms with Crippen LogP contribution in [0.15, 0.2) is 0 Å². The Bertz CT molecular complexity index is 373. The van der Waals surface area contributed by atoms with Crippen molar-refractivity contribution >= 4 is 22.6 Å². The maximum atomic E-state index is 12.3. The average Bonchev–Trinajstić information content (AvgIpc) is 3.32. The zero-order valence-corrected chi connectivity index (χ0v) is 19.4. The van der Waals surface area contributed by atoms with Gasteiger partial charge in [-0.3, -0.25) is 9.29 Å². The van der Waals surface area contributed by atoms with Crippen LogP contribution >= 0.6 is 22.6 Å². The molecule has 2 aliphatic carbocycles. The second-order valence-electron chi connectivity index (χ2n) is 8.81. The van der Waals surface area contributed by atoms with E-state index in [4.69, 9.17) is 0 Å². The van der Waals surface area contributed by atoms with Crippen LogP contribution in [0.2, 0.25) is 0 Å². The van der Waals surface area contributed by atoms with E-state index in [-0.39, 0.29) is 13.3 Å². The Morgan fingerprint density at radius 3 is 1.81 bits per heavy atom. The maximum absolute atomic E-state index is 12.3. The molecule has 2 aliphatic heterocycles. The van der Waals surface area contributed by atoms with E-state index in [1.54, 1.807) is 0 Å². The molecule has 2 saturated heterocycles. The van der Waals surface area contributed by atoms with E-state index >= 15 is 0 Å². The number of halogens is 3. The van der Waals surface area contributed by atoms with Gasteiger partial charge in [0.2, 0.25) is 0 Å². The Labute approximate surface area is 179 Å². The number of nitrogens with one attached hydrogen (secondary N) is 1. The van der Waals surface area contributed by atoms with E-state index < -0.39 is 0 Å². The zero-order valence-electron chi connectivity index (χ0n) is 17.2. The van der Waals surface area contributed by atoms with Gasteiger partial charge < -0.3 is 5.32 Å². The summed E-state index contributed by atoms with van der Waals surface area (Å²) in [5.41, 5.74) is 1.06. The average molecular weight is 498 g/mol. The van der Waals surface area contributed by atoms with E-state index in [1.165, 1.54) is 96.4 Å². The predicted molar refractivity (Wildman–Crippen MR) is 121 cm³/mol. The first-order valence-corrected chi connectivity index (χ1v) is 12.9. The van der Waals surface area contributed by atoms with Crippen molar-refractivity contribution in [2.24, 2.45) is 0 Å². The maximum Gasteiger partial charge on any atom is 0.102 e. The molecule has 4 fully saturated rings. The monoisotopic (exact) mass is 498 g/mol. The third-order valence-electron chi connectivity index (χ3n) is 7.09. The molecule has 0 atom stereocenters. The summed E-state index contributed by atoms with van der Waals surface area (Å²) < 4.78 is 23.7. The Hall–Kier alpha value is 0.510. The molecule has 0 amide bonds. The minimum atomic E-state index is -0.194. The van der Waals surface area contributed by atoms with Crippen LogP contribution in [0.1, 0.15) is 89.9 Å². The highest BCUT2D eigenvalue weighted by Crippen LogP contribution is 2.41. The standard InChI is InChI=1S/C11H20FN.C9H17N.C2H4FI/c12-8-10-13-9-4-7-11(13)5-2-1-3-6-11;1-2-5-9(6-3-1)7-4-8-10-9;3-1-2-4/h1-10H2;10H,1-8H2;1-2H2. The van der Waals surface area contributed by atoms with Crippen molar-refractivity contribution in [3.05, 3.63) is 0 Å². The molecule has 0 aromatic carbocycles. The molecule has 2 heterocycles. The first-order valence-electron chi connectivity index (χ1n) is 11.4. The molecule has 0 aromatic heterocycles. The lowest BCUT2D eigenvalue weighted by Crippen LogP contribution is -2.46. The SMILES string of the molecule is C1CCC2(CC1)CCCN2.FCCI.FCCN1CCCC12CCCCC2. The summed E-state index contributed by atoms with van der Waals surface area (Å²) >= 11 is 1.98. The number of rotatable bonds is 3. The molecular weight excluding hydrogens is 457 g/mol. The molecule has 2 spiro atoms. The number of hydrogen-bond acceptors (Lipinski definition) is 2. The first kappa shape index (κ1) is 23.8. The van der Waals surface area contributed by atoms with Crippen molar-refractivity contribution in [2.45, 2.75) is 101 Å². The molecule has 5 heteroatoms. The van der Waals surface area contributed by atoms with Gasteiger partial charge in [-0.1, -0.05) is 61.1 Å². The van der Waals surface area contributed by atoms with Crippen molar-refractivity contribution in [1.29, 1.82) is 0 Å². The summed E-state index contributed by atoms with van der Waals surface area (Å²) in [5, 5.41) is 3.67. The van der Waals surface area contributed by atoms with E-state index in [2.05, 4.69) is 10.2 Å². The van der Waals surface area contributed by atoms with E-state index in [0.29, 0.717) is 22.1 Å². The van der Waals surface area contributed by atoms with Crippen LogP contribution < -0.4 is 5.32 Å². The van der Waals surface area contributed by atoms with Gasteiger partial charge in [-0.25, -0.2) is 4.39 Å². The Morgan fingerprint density at radius 1 is 0.741 bits per heavy atom. The van der Waals surface area contributed by atoms with Gasteiger partial charge in [0.25, 0.3) is 0 Å². The van der Waals surface area contributed by atoms with Crippen molar-refractivity contribution < 1.29 is 8.78 Å². The highest BCUT2D eigenvalue weighted by atomic mass is 127. The minimum absolute atomic E-state index is 0.165. The zero-order chi connectivity index (χ0) is 19.4. The van der Waals surface area contributed by atoms with Gasteiger partial charge in [-0.05, 0) is 64.5 Å². The Morgan fingerprint density at radius 2 is 1.30 bits per heavy atom. The molecule has 4 rings (SSSR count). The van der Waals surface area contributed by atoms with Gasteiger partial charge in [0, 0.05) is 22.1 Å². The fraction of sp³-hybridized carbons (Fsp3) is 1.00. The van der Waals surface area contributed by atoms with E-state index in [1.807, 2.05) is 22.6 Å². The molecule has 0 unspecified atom stereocenters. The summed E-state index contributed by atoms with van der Waals surface area (Å²) in [6, 6.07) is 0.